The third kappa shape index (κ3) is 4.71. The molecule has 31 heavy (non-hydrogen) atoms. The molecular formula is C23H29FN2O4S. The molecular weight excluding hydrogens is 419 g/mol. The molecule has 2 aromatic carbocycles. The number of rotatable bonds is 7. The first-order chi connectivity index (χ1) is 14.8. The number of aromatic hydroxyl groups is 1. The Morgan fingerprint density at radius 3 is 2.45 bits per heavy atom. The van der Waals surface area contributed by atoms with Crippen LogP contribution in [0.15, 0.2) is 42.5 Å². The van der Waals surface area contributed by atoms with Crippen molar-refractivity contribution in [2.75, 3.05) is 45.7 Å². The van der Waals surface area contributed by atoms with Crippen LogP contribution in [0.1, 0.15) is 35.6 Å². The standard InChI is InChI=1S/C23H29FN2O4S/c1-16-13-26(31(2,28)29)23(21-8-5-19(27)11-22(16)21)18-3-6-20(7-4-18)30-10-9-25-14-17(12-24)15-25/h3-8,11,16-17,23,27H,9-10,12-15H2,1-2H3/t16-,23-/m1/s1. The minimum absolute atomic E-state index is 0.0193. The van der Waals surface area contributed by atoms with E-state index in [1.807, 2.05) is 37.3 Å². The SMILES string of the molecule is C[C@@H]1CN(S(C)(=O)=O)[C@H](c2ccc(OCCN3CC(CF)C3)cc2)c2ccc(O)cc21. The zero-order chi connectivity index (χ0) is 22.2. The Hall–Kier alpha value is -2.16. The maximum atomic E-state index is 12.6. The molecule has 0 spiro atoms. The highest BCUT2D eigenvalue weighted by Crippen LogP contribution is 2.42. The molecule has 4 rings (SSSR count). The number of ether oxygens (including phenoxy) is 1. The Morgan fingerprint density at radius 1 is 1.10 bits per heavy atom. The molecule has 2 atom stereocenters. The van der Waals surface area contributed by atoms with E-state index in [4.69, 9.17) is 4.74 Å². The van der Waals surface area contributed by atoms with Gasteiger partial charge in [-0.15, -0.1) is 0 Å². The monoisotopic (exact) mass is 448 g/mol. The Morgan fingerprint density at radius 2 is 1.81 bits per heavy atom. The molecule has 2 aliphatic rings. The topological polar surface area (TPSA) is 70.1 Å². The van der Waals surface area contributed by atoms with Crippen LogP contribution in [0.4, 0.5) is 4.39 Å². The third-order valence-corrected chi connectivity index (χ3v) is 7.40. The summed E-state index contributed by atoms with van der Waals surface area (Å²) in [5, 5.41) is 9.93. The van der Waals surface area contributed by atoms with Crippen LogP contribution >= 0.6 is 0 Å². The number of hydrogen-bond donors (Lipinski definition) is 1. The summed E-state index contributed by atoms with van der Waals surface area (Å²) >= 11 is 0. The van der Waals surface area contributed by atoms with Gasteiger partial charge in [0.25, 0.3) is 0 Å². The van der Waals surface area contributed by atoms with E-state index in [1.54, 1.807) is 12.1 Å². The quantitative estimate of drug-likeness (QED) is 0.705. The fraction of sp³-hybridized carbons (Fsp3) is 0.478. The van der Waals surface area contributed by atoms with E-state index >= 15 is 0 Å². The number of fused-ring (bicyclic) bond motifs is 1. The zero-order valence-corrected chi connectivity index (χ0v) is 18.7. The lowest BCUT2D eigenvalue weighted by molar-refractivity contribution is 0.0668. The second-order valence-electron chi connectivity index (χ2n) is 8.65. The first-order valence-corrected chi connectivity index (χ1v) is 12.4. The Bertz CT molecular complexity index is 1020. The van der Waals surface area contributed by atoms with E-state index in [9.17, 15) is 17.9 Å². The number of benzene rings is 2. The van der Waals surface area contributed by atoms with Crippen molar-refractivity contribution in [2.45, 2.75) is 18.9 Å². The number of phenols is 1. The van der Waals surface area contributed by atoms with Gasteiger partial charge in [0, 0.05) is 32.1 Å². The number of sulfonamides is 1. The molecule has 8 heteroatoms. The van der Waals surface area contributed by atoms with E-state index in [0.717, 1.165) is 36.3 Å². The van der Waals surface area contributed by atoms with Gasteiger partial charge in [-0.2, -0.15) is 4.31 Å². The fourth-order valence-corrected chi connectivity index (χ4v) is 5.65. The molecule has 0 aromatic heterocycles. The van der Waals surface area contributed by atoms with Gasteiger partial charge in [-0.3, -0.25) is 9.29 Å². The molecule has 0 unspecified atom stereocenters. The first-order valence-electron chi connectivity index (χ1n) is 10.6. The van der Waals surface area contributed by atoms with E-state index in [-0.39, 0.29) is 24.3 Å². The van der Waals surface area contributed by atoms with Crippen LogP contribution in [0.5, 0.6) is 11.5 Å². The minimum Gasteiger partial charge on any atom is -0.508 e. The van der Waals surface area contributed by atoms with Gasteiger partial charge in [-0.1, -0.05) is 25.1 Å². The number of nitrogens with zero attached hydrogens (tertiary/aromatic N) is 2. The van der Waals surface area contributed by atoms with Crippen molar-refractivity contribution in [3.8, 4) is 11.5 Å². The van der Waals surface area contributed by atoms with Gasteiger partial charge in [-0.25, -0.2) is 8.42 Å². The summed E-state index contributed by atoms with van der Waals surface area (Å²) in [5.74, 6) is 1.04. The van der Waals surface area contributed by atoms with E-state index in [2.05, 4.69) is 4.90 Å². The van der Waals surface area contributed by atoms with Crippen LogP contribution in [0.25, 0.3) is 0 Å². The molecule has 168 valence electrons. The molecule has 2 aliphatic heterocycles. The Kier molecular flexibility index (Phi) is 6.23. The largest absolute Gasteiger partial charge is 0.508 e. The highest BCUT2D eigenvalue weighted by atomic mass is 32.2. The highest BCUT2D eigenvalue weighted by Gasteiger charge is 2.37. The maximum Gasteiger partial charge on any atom is 0.212 e. The summed E-state index contributed by atoms with van der Waals surface area (Å²) in [6.45, 7) is 4.93. The summed E-state index contributed by atoms with van der Waals surface area (Å²) in [4.78, 5) is 2.16. The van der Waals surface area contributed by atoms with Crippen LogP contribution in [0.2, 0.25) is 0 Å². The summed E-state index contributed by atoms with van der Waals surface area (Å²) in [6.07, 6.45) is 1.23. The van der Waals surface area contributed by atoms with E-state index in [0.29, 0.717) is 18.9 Å². The maximum absolute atomic E-state index is 12.6. The summed E-state index contributed by atoms with van der Waals surface area (Å²) in [7, 11) is -3.44. The van der Waals surface area contributed by atoms with Gasteiger partial charge < -0.3 is 9.84 Å². The Balaban J connectivity index is 1.52. The van der Waals surface area contributed by atoms with E-state index < -0.39 is 16.1 Å². The second kappa shape index (κ2) is 8.76. The van der Waals surface area contributed by atoms with Gasteiger partial charge in [0.05, 0.1) is 19.0 Å². The molecule has 6 nitrogen and oxygen atoms in total. The van der Waals surface area contributed by atoms with Crippen LogP contribution in [-0.2, 0) is 10.0 Å². The lowest BCUT2D eigenvalue weighted by Crippen LogP contribution is -2.49. The average molecular weight is 449 g/mol. The number of likely N-dealkylation sites (tertiary alicyclic amines) is 1. The van der Waals surface area contributed by atoms with Crippen molar-refractivity contribution in [3.05, 3.63) is 59.2 Å². The van der Waals surface area contributed by atoms with Crippen LogP contribution in [0, 0.1) is 5.92 Å². The summed E-state index contributed by atoms with van der Waals surface area (Å²) < 4.78 is 45.0. The number of alkyl halides is 1. The van der Waals surface area contributed by atoms with Gasteiger partial charge in [0.15, 0.2) is 0 Å². The molecule has 0 radical (unpaired) electrons. The average Bonchev–Trinajstić information content (AvgIpc) is 2.70. The van der Waals surface area contributed by atoms with Crippen LogP contribution in [0.3, 0.4) is 0 Å². The minimum atomic E-state index is -3.44. The normalized spacial score (nSPS) is 22.7. The smallest absolute Gasteiger partial charge is 0.212 e. The predicted molar refractivity (Wildman–Crippen MR) is 118 cm³/mol. The lowest BCUT2D eigenvalue weighted by Gasteiger charge is -2.39. The number of hydrogen-bond acceptors (Lipinski definition) is 5. The number of halogens is 1. The van der Waals surface area contributed by atoms with Crippen molar-refractivity contribution in [3.63, 3.8) is 0 Å². The van der Waals surface area contributed by atoms with Gasteiger partial charge in [0.1, 0.15) is 18.1 Å². The van der Waals surface area contributed by atoms with Crippen molar-refractivity contribution in [1.29, 1.82) is 0 Å². The van der Waals surface area contributed by atoms with Gasteiger partial charge in [-0.05, 0) is 46.9 Å². The fourth-order valence-electron chi connectivity index (χ4n) is 4.54. The molecule has 0 aliphatic carbocycles. The molecule has 2 heterocycles. The van der Waals surface area contributed by atoms with Gasteiger partial charge >= 0.3 is 0 Å². The predicted octanol–water partition coefficient (Wildman–Crippen LogP) is 3.14. The molecule has 0 bridgehead atoms. The molecule has 2 aromatic rings. The van der Waals surface area contributed by atoms with E-state index in [1.165, 1.54) is 10.6 Å². The van der Waals surface area contributed by atoms with Crippen molar-refractivity contribution < 1.29 is 22.7 Å². The first kappa shape index (κ1) is 22.0. The molecule has 1 fully saturated rings. The third-order valence-electron chi connectivity index (χ3n) is 6.19. The van der Waals surface area contributed by atoms with Crippen molar-refractivity contribution in [1.82, 2.24) is 9.21 Å². The van der Waals surface area contributed by atoms with Gasteiger partial charge in [0.2, 0.25) is 10.0 Å². The molecule has 1 N–H and O–H groups in total. The molecule has 1 saturated heterocycles. The highest BCUT2D eigenvalue weighted by molar-refractivity contribution is 7.88. The second-order valence-corrected chi connectivity index (χ2v) is 10.6. The number of phenolic OH excluding ortho intramolecular Hbond substituents is 1. The zero-order valence-electron chi connectivity index (χ0n) is 17.9. The lowest BCUT2D eigenvalue weighted by atomic mass is 9.84. The Labute approximate surface area is 183 Å². The molecule has 0 amide bonds. The summed E-state index contributed by atoms with van der Waals surface area (Å²) in [5.41, 5.74) is 2.70. The van der Waals surface area contributed by atoms with Crippen molar-refractivity contribution in [2.24, 2.45) is 5.92 Å². The van der Waals surface area contributed by atoms with Crippen LogP contribution in [-0.4, -0.2) is 68.4 Å². The van der Waals surface area contributed by atoms with Crippen molar-refractivity contribution >= 4 is 10.0 Å². The van der Waals surface area contributed by atoms with Crippen LogP contribution < -0.4 is 4.74 Å². The molecule has 0 saturated carbocycles. The summed E-state index contributed by atoms with van der Waals surface area (Å²) in [6, 6.07) is 12.2.